The Hall–Kier alpha value is -2.60. The molecule has 0 aliphatic heterocycles. The molecule has 2 aromatic rings. The average molecular weight is 330 g/mol. The van der Waals surface area contributed by atoms with Gasteiger partial charge in [0.05, 0.1) is 11.5 Å². The first-order valence-corrected chi connectivity index (χ1v) is 8.59. The molecular formula is C17H18N2O3S. The summed E-state index contributed by atoms with van der Waals surface area (Å²) in [5, 5.41) is 3.71. The summed E-state index contributed by atoms with van der Waals surface area (Å²) in [6.45, 7) is 2.40. The topological polar surface area (TPSA) is 67.8 Å². The number of hydrogen-bond donors (Lipinski definition) is 1. The van der Waals surface area contributed by atoms with E-state index in [0.29, 0.717) is 12.4 Å². The van der Waals surface area contributed by atoms with Gasteiger partial charge in [0.2, 0.25) is 0 Å². The van der Waals surface area contributed by atoms with E-state index in [0.717, 1.165) is 5.56 Å². The van der Waals surface area contributed by atoms with Crippen molar-refractivity contribution in [2.24, 2.45) is 5.10 Å². The molecule has 0 spiro atoms. The second-order valence-corrected chi connectivity index (χ2v) is 6.21. The smallest absolute Gasteiger partial charge is 0.276 e. The van der Waals surface area contributed by atoms with E-state index in [1.165, 1.54) is 18.3 Å². The van der Waals surface area contributed by atoms with Crippen LogP contribution in [0.2, 0.25) is 0 Å². The van der Waals surface area contributed by atoms with Crippen LogP contribution in [0.1, 0.15) is 12.5 Å². The highest BCUT2D eigenvalue weighted by Gasteiger charge is 2.12. The van der Waals surface area contributed by atoms with E-state index in [-0.39, 0.29) is 4.90 Å². The van der Waals surface area contributed by atoms with Crippen molar-refractivity contribution in [2.45, 2.75) is 11.8 Å². The van der Waals surface area contributed by atoms with Crippen LogP contribution in [0.5, 0.6) is 5.75 Å². The average Bonchev–Trinajstić information content (AvgIpc) is 2.56. The normalized spacial score (nSPS) is 11.9. The fourth-order valence-electron chi connectivity index (χ4n) is 1.80. The zero-order valence-corrected chi connectivity index (χ0v) is 13.5. The molecule has 23 heavy (non-hydrogen) atoms. The van der Waals surface area contributed by atoms with Crippen LogP contribution in [0.3, 0.4) is 0 Å². The summed E-state index contributed by atoms with van der Waals surface area (Å²) < 4.78 is 29.4. The third kappa shape index (κ3) is 5.27. The second kappa shape index (κ2) is 8.14. The van der Waals surface area contributed by atoms with Gasteiger partial charge >= 0.3 is 0 Å². The number of allylic oxidation sites excluding steroid dienone is 1. The Morgan fingerprint density at radius 3 is 2.43 bits per heavy atom. The zero-order valence-electron chi connectivity index (χ0n) is 12.7. The van der Waals surface area contributed by atoms with Crippen LogP contribution in [-0.2, 0) is 10.0 Å². The number of hydrazone groups is 1. The molecule has 0 saturated heterocycles. The van der Waals surface area contributed by atoms with E-state index in [4.69, 9.17) is 4.74 Å². The summed E-state index contributed by atoms with van der Waals surface area (Å²) in [6.07, 6.45) is 4.88. The Morgan fingerprint density at radius 2 is 1.78 bits per heavy atom. The molecule has 120 valence electrons. The van der Waals surface area contributed by atoms with Crippen molar-refractivity contribution in [3.63, 3.8) is 0 Å². The standard InChI is InChI=1S/C17H18N2O3S/c1-2-22-16-10-12-17(13-11-16)23(20,21)19-18-14-6-9-15-7-4-3-5-8-15/h3-14,19H,2H2,1H3. The number of nitrogens with zero attached hydrogens (tertiary/aromatic N) is 1. The summed E-state index contributed by atoms with van der Waals surface area (Å²) in [7, 11) is -3.67. The van der Waals surface area contributed by atoms with Gasteiger partial charge in [-0.15, -0.1) is 0 Å². The maximum atomic E-state index is 12.0. The van der Waals surface area contributed by atoms with E-state index in [1.807, 2.05) is 43.3 Å². The summed E-state index contributed by atoms with van der Waals surface area (Å²) in [6, 6.07) is 15.8. The Kier molecular flexibility index (Phi) is 5.94. The van der Waals surface area contributed by atoms with Gasteiger partial charge in [0.25, 0.3) is 10.0 Å². The molecule has 0 radical (unpaired) electrons. The lowest BCUT2D eigenvalue weighted by molar-refractivity contribution is 0.340. The largest absolute Gasteiger partial charge is 0.494 e. The fraction of sp³-hybridized carbons (Fsp3) is 0.118. The molecule has 5 nitrogen and oxygen atoms in total. The minimum absolute atomic E-state index is 0.130. The molecule has 0 saturated carbocycles. The van der Waals surface area contributed by atoms with Crippen molar-refractivity contribution < 1.29 is 13.2 Å². The van der Waals surface area contributed by atoms with Crippen molar-refractivity contribution in [1.82, 2.24) is 4.83 Å². The first kappa shape index (κ1) is 16.8. The van der Waals surface area contributed by atoms with Gasteiger partial charge in [0.1, 0.15) is 5.75 Å². The molecule has 0 heterocycles. The first-order chi connectivity index (χ1) is 11.1. The number of sulfonamides is 1. The molecule has 2 rings (SSSR count). The predicted octanol–water partition coefficient (Wildman–Crippen LogP) is 3.06. The quantitative estimate of drug-likeness (QED) is 0.627. The Labute approximate surface area is 136 Å². The van der Waals surface area contributed by atoms with Crippen molar-refractivity contribution in [1.29, 1.82) is 0 Å². The predicted molar refractivity (Wildman–Crippen MR) is 91.9 cm³/mol. The molecule has 0 bridgehead atoms. The Bertz CT molecular complexity index is 767. The maximum Gasteiger partial charge on any atom is 0.276 e. The van der Waals surface area contributed by atoms with E-state index in [9.17, 15) is 8.42 Å². The van der Waals surface area contributed by atoms with Crippen LogP contribution in [0, 0.1) is 0 Å². The van der Waals surface area contributed by atoms with E-state index >= 15 is 0 Å². The third-order valence-corrected chi connectivity index (χ3v) is 4.11. The van der Waals surface area contributed by atoms with Gasteiger partial charge < -0.3 is 4.74 Å². The van der Waals surface area contributed by atoms with Gasteiger partial charge in [-0.25, -0.2) is 4.83 Å². The zero-order chi connectivity index (χ0) is 16.5. The molecule has 1 N–H and O–H groups in total. The highest BCUT2D eigenvalue weighted by molar-refractivity contribution is 7.89. The first-order valence-electron chi connectivity index (χ1n) is 7.11. The lowest BCUT2D eigenvalue weighted by Gasteiger charge is -2.05. The highest BCUT2D eigenvalue weighted by Crippen LogP contribution is 2.15. The Balaban J connectivity index is 1.95. The molecule has 0 aliphatic carbocycles. The lowest BCUT2D eigenvalue weighted by Crippen LogP contribution is -2.18. The van der Waals surface area contributed by atoms with E-state index < -0.39 is 10.0 Å². The minimum Gasteiger partial charge on any atom is -0.494 e. The number of nitrogens with one attached hydrogen (secondary N) is 1. The number of benzene rings is 2. The van der Waals surface area contributed by atoms with Gasteiger partial charge in [-0.3, -0.25) is 0 Å². The number of hydrogen-bond acceptors (Lipinski definition) is 4. The van der Waals surface area contributed by atoms with Crippen molar-refractivity contribution in [3.8, 4) is 5.75 Å². The third-order valence-electron chi connectivity index (χ3n) is 2.87. The van der Waals surface area contributed by atoms with Gasteiger partial charge in [-0.05, 0) is 42.8 Å². The molecule has 2 aromatic carbocycles. The molecule has 0 atom stereocenters. The number of ether oxygens (including phenoxy) is 1. The fourth-order valence-corrected chi connectivity index (χ4v) is 2.59. The van der Waals surface area contributed by atoms with Gasteiger partial charge in [-0.1, -0.05) is 36.4 Å². The SMILES string of the molecule is CCOc1ccc(S(=O)(=O)NN=CC=Cc2ccccc2)cc1. The van der Waals surface area contributed by atoms with Crippen LogP contribution in [0.15, 0.2) is 70.7 Å². The van der Waals surface area contributed by atoms with Crippen LogP contribution in [-0.4, -0.2) is 21.2 Å². The molecule has 0 amide bonds. The van der Waals surface area contributed by atoms with Crippen molar-refractivity contribution >= 4 is 22.3 Å². The van der Waals surface area contributed by atoms with Crippen LogP contribution in [0.25, 0.3) is 6.08 Å². The molecule has 0 aromatic heterocycles. The maximum absolute atomic E-state index is 12.0. The van der Waals surface area contributed by atoms with Crippen molar-refractivity contribution in [2.75, 3.05) is 6.61 Å². The van der Waals surface area contributed by atoms with Crippen LogP contribution >= 0.6 is 0 Å². The van der Waals surface area contributed by atoms with Gasteiger partial charge in [0.15, 0.2) is 0 Å². The summed E-state index contributed by atoms with van der Waals surface area (Å²) in [5.41, 5.74) is 1.01. The molecule has 0 unspecified atom stereocenters. The molecule has 0 fully saturated rings. The summed E-state index contributed by atoms with van der Waals surface area (Å²) >= 11 is 0. The summed E-state index contributed by atoms with van der Waals surface area (Å²) in [4.78, 5) is 2.29. The lowest BCUT2D eigenvalue weighted by atomic mass is 10.2. The van der Waals surface area contributed by atoms with Crippen molar-refractivity contribution in [3.05, 3.63) is 66.2 Å². The Morgan fingerprint density at radius 1 is 1.09 bits per heavy atom. The van der Waals surface area contributed by atoms with E-state index in [2.05, 4.69) is 9.93 Å². The second-order valence-electron chi connectivity index (χ2n) is 4.55. The van der Waals surface area contributed by atoms with Crippen LogP contribution < -0.4 is 9.57 Å². The van der Waals surface area contributed by atoms with Crippen LogP contribution in [0.4, 0.5) is 0 Å². The monoisotopic (exact) mass is 330 g/mol. The van der Waals surface area contributed by atoms with E-state index in [1.54, 1.807) is 18.2 Å². The molecule has 0 aliphatic rings. The molecule has 6 heteroatoms. The van der Waals surface area contributed by atoms with Gasteiger partial charge in [0, 0.05) is 6.21 Å². The number of rotatable bonds is 7. The van der Waals surface area contributed by atoms with Gasteiger partial charge in [-0.2, -0.15) is 13.5 Å². The molecular weight excluding hydrogens is 312 g/mol. The minimum atomic E-state index is -3.67. The summed E-state index contributed by atoms with van der Waals surface area (Å²) in [5.74, 6) is 0.626. The highest BCUT2D eigenvalue weighted by atomic mass is 32.2.